The van der Waals surface area contributed by atoms with E-state index < -0.39 is 10.7 Å². The Morgan fingerprint density at radius 2 is 1.91 bits per heavy atom. The van der Waals surface area contributed by atoms with Crippen LogP contribution in [-0.4, -0.2) is 35.0 Å². The number of anilines is 1. The van der Waals surface area contributed by atoms with Crippen molar-refractivity contribution in [2.24, 2.45) is 0 Å². The maximum absolute atomic E-state index is 12.5. The molecule has 0 radical (unpaired) electrons. The number of ether oxygens (including phenoxy) is 1. The molecule has 0 atom stereocenters. The topological polar surface area (TPSA) is 100 Å². The van der Waals surface area contributed by atoms with Crippen LogP contribution in [0.4, 0.5) is 11.6 Å². The predicted molar refractivity (Wildman–Crippen MR) is 77.2 cm³/mol. The molecule has 9 nitrogen and oxygen atoms in total. The van der Waals surface area contributed by atoms with Gasteiger partial charge in [0.2, 0.25) is 0 Å². The van der Waals surface area contributed by atoms with Gasteiger partial charge in [-0.1, -0.05) is 4.80 Å². The molecule has 0 saturated carbocycles. The van der Waals surface area contributed by atoms with E-state index in [1.54, 1.807) is 29.2 Å². The van der Waals surface area contributed by atoms with Crippen LogP contribution >= 0.6 is 0 Å². The molecule has 0 spiro atoms. The average Bonchev–Trinajstić information content (AvgIpc) is 3.14. The van der Waals surface area contributed by atoms with Crippen molar-refractivity contribution in [1.82, 2.24) is 9.90 Å². The number of nitrogens with zero attached hydrogens (tertiary/aromatic N) is 5. The van der Waals surface area contributed by atoms with Gasteiger partial charge in [0.1, 0.15) is 11.4 Å². The minimum atomic E-state index is -0.623. The van der Waals surface area contributed by atoms with Crippen LogP contribution < -0.4 is 14.5 Å². The van der Waals surface area contributed by atoms with E-state index in [0.29, 0.717) is 29.4 Å². The minimum Gasteiger partial charge on any atom is -0.723 e. The molecule has 1 saturated heterocycles. The fourth-order valence-electron chi connectivity index (χ4n) is 2.54. The van der Waals surface area contributed by atoms with Gasteiger partial charge in [0.05, 0.1) is 20.2 Å². The highest BCUT2D eigenvalue weighted by molar-refractivity contribution is 5.50. The molecule has 0 unspecified atom stereocenters. The standard InChI is InChI=1S/C13H15N5O4/c1-22-11-6-4-10(5-7-11)16-14-12(18(20)21)13(17(16)19)15-8-2-3-9-15/h4-7H,2-3,8-9H2,1H3. The van der Waals surface area contributed by atoms with E-state index in [0.717, 1.165) is 17.6 Å². The highest BCUT2D eigenvalue weighted by Crippen LogP contribution is 2.26. The van der Waals surface area contributed by atoms with Crippen LogP contribution in [0.2, 0.25) is 0 Å². The molecule has 1 aromatic heterocycles. The zero-order valence-corrected chi connectivity index (χ0v) is 12.0. The zero-order chi connectivity index (χ0) is 15.7. The van der Waals surface area contributed by atoms with E-state index in [9.17, 15) is 15.3 Å². The summed E-state index contributed by atoms with van der Waals surface area (Å²) in [7, 11) is 1.53. The molecule has 9 heteroatoms. The van der Waals surface area contributed by atoms with Crippen molar-refractivity contribution in [1.29, 1.82) is 0 Å². The van der Waals surface area contributed by atoms with Gasteiger partial charge < -0.3 is 20.1 Å². The summed E-state index contributed by atoms with van der Waals surface area (Å²) < 4.78 is 5.05. The number of nitro groups is 1. The molecule has 22 heavy (non-hydrogen) atoms. The second-order valence-electron chi connectivity index (χ2n) is 4.96. The molecule has 1 aliphatic heterocycles. The molecular formula is C13H15N5O4. The third-order valence-electron chi connectivity index (χ3n) is 3.62. The summed E-state index contributed by atoms with van der Waals surface area (Å²) >= 11 is 0. The number of rotatable bonds is 4. The molecule has 0 N–H and O–H groups in total. The summed E-state index contributed by atoms with van der Waals surface area (Å²) in [4.78, 5) is 13.8. The number of methoxy groups -OCH3 is 1. The summed E-state index contributed by atoms with van der Waals surface area (Å²) in [5.74, 6) is 0.202. The van der Waals surface area contributed by atoms with Gasteiger partial charge in [0.15, 0.2) is 0 Å². The van der Waals surface area contributed by atoms with E-state index in [2.05, 4.69) is 5.10 Å². The average molecular weight is 305 g/mol. The van der Waals surface area contributed by atoms with Crippen LogP contribution in [0.25, 0.3) is 5.69 Å². The number of aromatic nitrogens is 3. The Morgan fingerprint density at radius 1 is 1.27 bits per heavy atom. The lowest BCUT2D eigenvalue weighted by Gasteiger charge is -2.14. The third kappa shape index (κ3) is 2.30. The van der Waals surface area contributed by atoms with E-state index >= 15 is 0 Å². The highest BCUT2D eigenvalue weighted by atomic mass is 16.6. The zero-order valence-electron chi connectivity index (χ0n) is 12.0. The summed E-state index contributed by atoms with van der Waals surface area (Å²) in [5, 5.41) is 27.5. The van der Waals surface area contributed by atoms with E-state index in [4.69, 9.17) is 4.74 Å². The normalized spacial score (nSPS) is 14.3. The van der Waals surface area contributed by atoms with Crippen molar-refractivity contribution in [3.63, 3.8) is 0 Å². The predicted octanol–water partition coefficient (Wildman–Crippen LogP) is 1.02. The van der Waals surface area contributed by atoms with Crippen molar-refractivity contribution >= 4 is 11.6 Å². The first kappa shape index (κ1) is 14.1. The second kappa shape index (κ2) is 5.51. The Bertz CT molecular complexity index is 691. The maximum atomic E-state index is 12.5. The maximum Gasteiger partial charge on any atom is 0.428 e. The van der Waals surface area contributed by atoms with Gasteiger partial charge in [-0.2, -0.15) is 4.85 Å². The van der Waals surface area contributed by atoms with Crippen molar-refractivity contribution in [2.45, 2.75) is 12.8 Å². The Balaban J connectivity index is 2.07. The monoisotopic (exact) mass is 305 g/mol. The number of hydrogen-bond acceptors (Lipinski definition) is 6. The molecule has 0 amide bonds. The van der Waals surface area contributed by atoms with E-state index in [1.165, 1.54) is 7.11 Å². The Labute approximate surface area is 126 Å². The fourth-order valence-corrected chi connectivity index (χ4v) is 2.54. The van der Waals surface area contributed by atoms with Crippen molar-refractivity contribution in [3.05, 3.63) is 39.6 Å². The molecule has 2 heterocycles. The lowest BCUT2D eigenvalue weighted by atomic mass is 10.3. The molecule has 1 aromatic carbocycles. The lowest BCUT2D eigenvalue weighted by molar-refractivity contribution is -0.677. The second-order valence-corrected chi connectivity index (χ2v) is 4.96. The molecule has 0 bridgehead atoms. The van der Waals surface area contributed by atoms with Gasteiger partial charge in [-0.3, -0.25) is 4.90 Å². The van der Waals surface area contributed by atoms with Crippen LogP contribution in [0.3, 0.4) is 0 Å². The summed E-state index contributed by atoms with van der Waals surface area (Å²) in [5.41, 5.74) is 0.435. The van der Waals surface area contributed by atoms with Gasteiger partial charge in [0.25, 0.3) is 0 Å². The van der Waals surface area contributed by atoms with Gasteiger partial charge >= 0.3 is 11.6 Å². The van der Waals surface area contributed by atoms with Crippen molar-refractivity contribution < 1.29 is 14.5 Å². The quantitative estimate of drug-likeness (QED) is 0.362. The van der Waals surface area contributed by atoms with Crippen LogP contribution in [0.15, 0.2) is 24.3 Å². The first-order valence-corrected chi connectivity index (χ1v) is 6.88. The molecule has 1 fully saturated rings. The Morgan fingerprint density at radius 3 is 2.45 bits per heavy atom. The molecule has 1 aliphatic rings. The SMILES string of the molecule is COc1ccc(-n2nc([N+](=O)[O-])c(N3CCCC3)[n+]2[O-])cc1. The summed E-state index contributed by atoms with van der Waals surface area (Å²) in [6.07, 6.45) is 1.82. The van der Waals surface area contributed by atoms with Gasteiger partial charge in [-0.25, -0.2) is 0 Å². The van der Waals surface area contributed by atoms with Crippen LogP contribution in [-0.2, 0) is 0 Å². The third-order valence-corrected chi connectivity index (χ3v) is 3.62. The van der Waals surface area contributed by atoms with E-state index in [1.807, 2.05) is 0 Å². The van der Waals surface area contributed by atoms with E-state index in [-0.39, 0.29) is 5.82 Å². The van der Waals surface area contributed by atoms with Gasteiger partial charge in [0, 0.05) is 5.10 Å². The first-order chi connectivity index (χ1) is 10.6. The van der Waals surface area contributed by atoms with Crippen molar-refractivity contribution in [2.75, 3.05) is 25.1 Å². The summed E-state index contributed by atoms with van der Waals surface area (Å²) in [6.45, 7) is 1.24. The lowest BCUT2D eigenvalue weighted by Crippen LogP contribution is -2.42. The molecule has 2 aromatic rings. The molecule has 0 aliphatic carbocycles. The van der Waals surface area contributed by atoms with Gasteiger partial charge in [-0.15, -0.1) is 0 Å². The minimum absolute atomic E-state index is 0.00156. The van der Waals surface area contributed by atoms with Crippen LogP contribution in [0, 0.1) is 15.3 Å². The Kier molecular flexibility index (Phi) is 3.53. The van der Waals surface area contributed by atoms with Gasteiger partial charge in [-0.05, 0) is 42.0 Å². The summed E-state index contributed by atoms with van der Waals surface area (Å²) in [6, 6.07) is 6.58. The highest BCUT2D eigenvalue weighted by Gasteiger charge is 2.34. The number of benzene rings is 1. The fraction of sp³-hybridized carbons (Fsp3) is 0.385. The molecule has 3 rings (SSSR count). The molecular weight excluding hydrogens is 290 g/mol. The molecule has 116 valence electrons. The largest absolute Gasteiger partial charge is 0.723 e. The van der Waals surface area contributed by atoms with Crippen LogP contribution in [0.5, 0.6) is 5.75 Å². The first-order valence-electron chi connectivity index (χ1n) is 6.88. The van der Waals surface area contributed by atoms with Crippen LogP contribution in [0.1, 0.15) is 12.8 Å². The Hall–Kier alpha value is -2.84. The smallest absolute Gasteiger partial charge is 0.428 e. The number of hydrogen-bond donors (Lipinski definition) is 0. The van der Waals surface area contributed by atoms with Crippen molar-refractivity contribution in [3.8, 4) is 11.4 Å².